The van der Waals surface area contributed by atoms with Crippen LogP contribution in [0.1, 0.15) is 15.9 Å². The Kier molecular flexibility index (Phi) is 4.51. The van der Waals surface area contributed by atoms with Crippen LogP contribution in [0.5, 0.6) is 0 Å². The molecule has 10 heteroatoms. The molecule has 1 heterocycles. The molecular formula is C13H9ClN4O5. The normalized spacial score (nSPS) is 10.2. The zero-order chi connectivity index (χ0) is 17.1. The lowest BCUT2D eigenvalue weighted by Gasteiger charge is -2.07. The largest absolute Gasteiger partial charge is 0.307 e. The van der Waals surface area contributed by atoms with Crippen LogP contribution in [0.4, 0.5) is 17.2 Å². The van der Waals surface area contributed by atoms with Gasteiger partial charge in [-0.3, -0.25) is 25.0 Å². The first kappa shape index (κ1) is 16.3. The van der Waals surface area contributed by atoms with Crippen molar-refractivity contribution in [2.45, 2.75) is 6.92 Å². The van der Waals surface area contributed by atoms with Crippen molar-refractivity contribution in [1.82, 2.24) is 4.98 Å². The van der Waals surface area contributed by atoms with Crippen molar-refractivity contribution < 1.29 is 14.6 Å². The van der Waals surface area contributed by atoms with Gasteiger partial charge in [-0.25, -0.2) is 4.98 Å². The van der Waals surface area contributed by atoms with Gasteiger partial charge in [0.1, 0.15) is 10.8 Å². The van der Waals surface area contributed by atoms with Gasteiger partial charge in [0.15, 0.2) is 0 Å². The summed E-state index contributed by atoms with van der Waals surface area (Å²) in [5.41, 5.74) is -0.881. The van der Waals surface area contributed by atoms with Crippen molar-refractivity contribution in [3.05, 3.63) is 66.8 Å². The molecule has 1 amide bonds. The summed E-state index contributed by atoms with van der Waals surface area (Å²) in [5.74, 6) is -0.639. The van der Waals surface area contributed by atoms with Gasteiger partial charge in [0.2, 0.25) is 0 Å². The number of aryl methyl sites for hydroxylation is 1. The molecule has 2 aromatic rings. The smallest absolute Gasteiger partial charge is 0.295 e. The van der Waals surface area contributed by atoms with Crippen molar-refractivity contribution >= 4 is 34.7 Å². The first-order valence-corrected chi connectivity index (χ1v) is 6.53. The minimum absolute atomic E-state index is 0.195. The lowest BCUT2D eigenvalue weighted by atomic mass is 10.1. The summed E-state index contributed by atoms with van der Waals surface area (Å²) in [6.07, 6.45) is 1.46. The number of carbonyl (C=O) groups is 1. The van der Waals surface area contributed by atoms with E-state index < -0.39 is 32.2 Å². The van der Waals surface area contributed by atoms with E-state index in [0.29, 0.717) is 6.07 Å². The predicted molar refractivity (Wildman–Crippen MR) is 81.7 cm³/mol. The van der Waals surface area contributed by atoms with Crippen molar-refractivity contribution in [3.8, 4) is 0 Å². The molecule has 118 valence electrons. The van der Waals surface area contributed by atoms with Crippen LogP contribution in [0.2, 0.25) is 5.02 Å². The highest BCUT2D eigenvalue weighted by Gasteiger charge is 2.26. The maximum Gasteiger partial charge on any atom is 0.295 e. The molecule has 0 fully saturated rings. The fourth-order valence-electron chi connectivity index (χ4n) is 1.79. The second-order valence-corrected chi connectivity index (χ2v) is 4.89. The number of halogens is 1. The van der Waals surface area contributed by atoms with Gasteiger partial charge in [0.05, 0.1) is 21.5 Å². The van der Waals surface area contributed by atoms with Crippen LogP contribution in [-0.4, -0.2) is 20.7 Å². The molecule has 0 unspecified atom stereocenters. The van der Waals surface area contributed by atoms with E-state index in [1.807, 2.05) is 0 Å². The van der Waals surface area contributed by atoms with Crippen molar-refractivity contribution in [2.24, 2.45) is 0 Å². The molecule has 9 nitrogen and oxygen atoms in total. The SMILES string of the molecule is Cc1ccnc(NC(=O)c2cc([N+](=O)[O-])cc([N+](=O)[O-])c2Cl)c1. The molecular weight excluding hydrogens is 328 g/mol. The zero-order valence-corrected chi connectivity index (χ0v) is 12.4. The summed E-state index contributed by atoms with van der Waals surface area (Å²) in [7, 11) is 0. The second kappa shape index (κ2) is 6.36. The van der Waals surface area contributed by atoms with E-state index in [2.05, 4.69) is 10.3 Å². The summed E-state index contributed by atoms with van der Waals surface area (Å²) >= 11 is 5.83. The Morgan fingerprint density at radius 2 is 1.91 bits per heavy atom. The van der Waals surface area contributed by atoms with Crippen molar-refractivity contribution in [2.75, 3.05) is 5.32 Å². The quantitative estimate of drug-likeness (QED) is 0.674. The number of carbonyl (C=O) groups excluding carboxylic acids is 1. The standard InChI is InChI=1S/C13H9ClN4O5/c1-7-2-3-15-11(4-7)16-13(19)9-5-8(17(20)21)6-10(12(9)14)18(22)23/h2-6H,1H3,(H,15,16,19). The number of nitrogens with one attached hydrogen (secondary N) is 1. The molecule has 1 aromatic carbocycles. The third-order valence-electron chi connectivity index (χ3n) is 2.85. The Hall–Kier alpha value is -3.07. The van der Waals surface area contributed by atoms with E-state index in [-0.39, 0.29) is 11.4 Å². The second-order valence-electron chi connectivity index (χ2n) is 4.51. The summed E-state index contributed by atoms with van der Waals surface area (Å²) in [5, 5.41) is 23.7. The summed E-state index contributed by atoms with van der Waals surface area (Å²) in [6.45, 7) is 1.78. The van der Waals surface area contributed by atoms with Crippen LogP contribution in [0.15, 0.2) is 30.5 Å². The number of nitro benzene ring substituents is 2. The van der Waals surface area contributed by atoms with E-state index in [1.54, 1.807) is 19.1 Å². The van der Waals surface area contributed by atoms with E-state index in [1.165, 1.54) is 6.20 Å². The van der Waals surface area contributed by atoms with E-state index in [9.17, 15) is 25.0 Å². The molecule has 0 saturated heterocycles. The van der Waals surface area contributed by atoms with Gasteiger partial charge in [-0.1, -0.05) is 11.6 Å². The number of amides is 1. The number of nitrogens with zero attached hydrogens (tertiary/aromatic N) is 3. The average molecular weight is 337 g/mol. The summed E-state index contributed by atoms with van der Waals surface area (Å²) < 4.78 is 0. The highest BCUT2D eigenvalue weighted by molar-refractivity contribution is 6.36. The Balaban J connectivity index is 2.46. The number of hydrogen-bond acceptors (Lipinski definition) is 6. The Bertz CT molecular complexity index is 824. The monoisotopic (exact) mass is 336 g/mol. The molecule has 0 radical (unpaired) electrons. The van der Waals surface area contributed by atoms with E-state index >= 15 is 0 Å². The topological polar surface area (TPSA) is 128 Å². The van der Waals surface area contributed by atoms with Gasteiger partial charge < -0.3 is 5.32 Å². The van der Waals surface area contributed by atoms with Crippen LogP contribution in [0, 0.1) is 27.2 Å². The van der Waals surface area contributed by atoms with Crippen molar-refractivity contribution in [3.63, 3.8) is 0 Å². The lowest BCUT2D eigenvalue weighted by Crippen LogP contribution is -2.14. The molecule has 0 spiro atoms. The van der Waals surface area contributed by atoms with Gasteiger partial charge in [-0.2, -0.15) is 0 Å². The zero-order valence-electron chi connectivity index (χ0n) is 11.6. The number of nitro groups is 2. The molecule has 0 saturated carbocycles. The third-order valence-corrected chi connectivity index (χ3v) is 3.24. The fraction of sp³-hybridized carbons (Fsp3) is 0.0769. The molecule has 0 aliphatic heterocycles. The summed E-state index contributed by atoms with van der Waals surface area (Å²) in [6, 6.07) is 4.85. The van der Waals surface area contributed by atoms with Crippen LogP contribution in [0.25, 0.3) is 0 Å². The van der Waals surface area contributed by atoms with Crippen LogP contribution in [0.3, 0.4) is 0 Å². The van der Waals surface area contributed by atoms with Crippen molar-refractivity contribution in [1.29, 1.82) is 0 Å². The number of pyridine rings is 1. The van der Waals surface area contributed by atoms with Crippen LogP contribution >= 0.6 is 11.6 Å². The van der Waals surface area contributed by atoms with Crippen LogP contribution < -0.4 is 5.32 Å². The number of rotatable bonds is 4. The van der Waals surface area contributed by atoms with E-state index in [0.717, 1.165) is 11.6 Å². The highest BCUT2D eigenvalue weighted by atomic mass is 35.5. The first-order valence-electron chi connectivity index (χ1n) is 6.16. The number of non-ortho nitro benzene ring substituents is 1. The van der Waals surface area contributed by atoms with Crippen LogP contribution in [-0.2, 0) is 0 Å². The van der Waals surface area contributed by atoms with Gasteiger partial charge in [-0.05, 0) is 24.6 Å². The molecule has 1 N–H and O–H groups in total. The third kappa shape index (κ3) is 3.58. The molecule has 0 aliphatic carbocycles. The molecule has 1 aromatic heterocycles. The number of anilines is 1. The molecule has 23 heavy (non-hydrogen) atoms. The van der Waals surface area contributed by atoms with Gasteiger partial charge in [0.25, 0.3) is 17.3 Å². The Morgan fingerprint density at radius 3 is 2.48 bits per heavy atom. The molecule has 0 aliphatic rings. The highest BCUT2D eigenvalue weighted by Crippen LogP contribution is 2.33. The average Bonchev–Trinajstić information content (AvgIpc) is 2.46. The predicted octanol–water partition coefficient (Wildman–Crippen LogP) is 3.11. The number of benzene rings is 1. The first-order chi connectivity index (χ1) is 10.8. The fourth-order valence-corrected chi connectivity index (χ4v) is 2.05. The maximum atomic E-state index is 12.2. The van der Waals surface area contributed by atoms with Gasteiger partial charge in [-0.15, -0.1) is 0 Å². The Morgan fingerprint density at radius 1 is 1.22 bits per heavy atom. The minimum Gasteiger partial charge on any atom is -0.307 e. The minimum atomic E-state index is -0.892. The van der Waals surface area contributed by atoms with E-state index in [4.69, 9.17) is 11.6 Å². The van der Waals surface area contributed by atoms with Gasteiger partial charge in [0, 0.05) is 12.3 Å². The molecule has 2 rings (SSSR count). The number of aromatic nitrogens is 1. The van der Waals surface area contributed by atoms with Gasteiger partial charge >= 0.3 is 0 Å². The molecule has 0 bridgehead atoms. The Labute approximate surface area is 134 Å². The lowest BCUT2D eigenvalue weighted by molar-refractivity contribution is -0.394. The maximum absolute atomic E-state index is 12.2. The molecule has 0 atom stereocenters. The number of hydrogen-bond donors (Lipinski definition) is 1. The summed E-state index contributed by atoms with van der Waals surface area (Å²) in [4.78, 5) is 36.2.